The van der Waals surface area contributed by atoms with Crippen molar-refractivity contribution >= 4 is 17.5 Å². The molecule has 0 radical (unpaired) electrons. The van der Waals surface area contributed by atoms with Crippen LogP contribution in [0, 0.1) is 11.7 Å². The molecule has 2 aromatic rings. The van der Waals surface area contributed by atoms with E-state index >= 15 is 0 Å². The van der Waals surface area contributed by atoms with Gasteiger partial charge in [-0.05, 0) is 55.6 Å². The van der Waals surface area contributed by atoms with E-state index < -0.39 is 0 Å². The molecule has 1 unspecified atom stereocenters. The zero-order valence-corrected chi connectivity index (χ0v) is 18.2. The van der Waals surface area contributed by atoms with Gasteiger partial charge in [-0.25, -0.2) is 4.39 Å². The van der Waals surface area contributed by atoms with Crippen molar-refractivity contribution in [2.24, 2.45) is 5.92 Å². The lowest BCUT2D eigenvalue weighted by molar-refractivity contribution is -0.126. The second kappa shape index (κ2) is 10.6. The summed E-state index contributed by atoms with van der Waals surface area (Å²) < 4.78 is 24.7. The SMILES string of the molecule is COc1ccc(CCNC(=O)C2CCCN(Cc3c(F)cccc3Cl)C2)cc1OC. The smallest absolute Gasteiger partial charge is 0.224 e. The first kappa shape index (κ1) is 22.4. The first-order chi connectivity index (χ1) is 14.5. The number of hydrogen-bond acceptors (Lipinski definition) is 4. The Morgan fingerprint density at radius 1 is 1.23 bits per heavy atom. The molecule has 0 spiro atoms. The van der Waals surface area contributed by atoms with Crippen molar-refractivity contribution in [2.75, 3.05) is 33.9 Å². The summed E-state index contributed by atoms with van der Waals surface area (Å²) >= 11 is 6.15. The van der Waals surface area contributed by atoms with Gasteiger partial charge in [0.05, 0.1) is 20.1 Å². The Hall–Kier alpha value is -2.31. The molecule has 30 heavy (non-hydrogen) atoms. The van der Waals surface area contributed by atoms with Gasteiger partial charge in [-0.15, -0.1) is 0 Å². The van der Waals surface area contributed by atoms with Crippen LogP contribution < -0.4 is 14.8 Å². The third kappa shape index (κ3) is 5.64. The van der Waals surface area contributed by atoms with Crippen LogP contribution in [-0.2, 0) is 17.8 Å². The van der Waals surface area contributed by atoms with Gasteiger partial charge >= 0.3 is 0 Å². The highest BCUT2D eigenvalue weighted by Crippen LogP contribution is 2.28. The van der Waals surface area contributed by atoms with Gasteiger partial charge < -0.3 is 14.8 Å². The Bertz CT molecular complexity index is 857. The number of rotatable bonds is 8. The highest BCUT2D eigenvalue weighted by Gasteiger charge is 2.26. The predicted molar refractivity (Wildman–Crippen MR) is 116 cm³/mol. The van der Waals surface area contributed by atoms with Crippen LogP contribution in [0.5, 0.6) is 11.5 Å². The van der Waals surface area contributed by atoms with Crippen LogP contribution in [0.3, 0.4) is 0 Å². The molecule has 1 aliphatic rings. The van der Waals surface area contributed by atoms with E-state index in [9.17, 15) is 9.18 Å². The van der Waals surface area contributed by atoms with Gasteiger partial charge in [-0.1, -0.05) is 23.7 Å². The minimum atomic E-state index is -0.302. The minimum Gasteiger partial charge on any atom is -0.493 e. The van der Waals surface area contributed by atoms with E-state index in [1.54, 1.807) is 26.4 Å². The van der Waals surface area contributed by atoms with E-state index in [4.69, 9.17) is 21.1 Å². The molecular formula is C23H28ClFN2O3. The number of methoxy groups -OCH3 is 2. The number of piperidine rings is 1. The Labute approximate surface area is 182 Å². The number of benzene rings is 2. The summed E-state index contributed by atoms with van der Waals surface area (Å²) in [5, 5.41) is 3.46. The third-order valence-corrected chi connectivity index (χ3v) is 5.83. The summed E-state index contributed by atoms with van der Waals surface area (Å²) in [5.41, 5.74) is 1.56. The van der Waals surface area contributed by atoms with Crippen molar-refractivity contribution in [3.8, 4) is 11.5 Å². The van der Waals surface area contributed by atoms with Crippen LogP contribution in [0.1, 0.15) is 24.0 Å². The zero-order chi connectivity index (χ0) is 21.5. The summed E-state index contributed by atoms with van der Waals surface area (Å²) in [4.78, 5) is 14.8. The zero-order valence-electron chi connectivity index (χ0n) is 17.4. The van der Waals surface area contributed by atoms with Crippen LogP contribution in [0.4, 0.5) is 4.39 Å². The van der Waals surface area contributed by atoms with E-state index in [0.717, 1.165) is 24.9 Å². The number of carbonyl (C=O) groups excluding carboxylic acids is 1. The quantitative estimate of drug-likeness (QED) is 0.680. The van der Waals surface area contributed by atoms with Gasteiger partial charge in [0.25, 0.3) is 0 Å². The van der Waals surface area contributed by atoms with Crippen LogP contribution in [0.2, 0.25) is 5.02 Å². The maximum atomic E-state index is 14.1. The maximum absolute atomic E-state index is 14.1. The van der Waals surface area contributed by atoms with E-state index in [2.05, 4.69) is 10.2 Å². The Morgan fingerprint density at radius 2 is 2.03 bits per heavy atom. The normalized spacial score (nSPS) is 16.9. The summed E-state index contributed by atoms with van der Waals surface area (Å²) in [6.07, 6.45) is 2.44. The molecule has 2 aromatic carbocycles. The number of amides is 1. The third-order valence-electron chi connectivity index (χ3n) is 5.48. The fourth-order valence-electron chi connectivity index (χ4n) is 3.83. The summed E-state index contributed by atoms with van der Waals surface area (Å²) in [5.74, 6) is 0.997. The monoisotopic (exact) mass is 434 g/mol. The highest BCUT2D eigenvalue weighted by molar-refractivity contribution is 6.31. The molecule has 1 saturated heterocycles. The van der Waals surface area contributed by atoms with Crippen LogP contribution in [-0.4, -0.2) is 44.7 Å². The Balaban J connectivity index is 1.51. The van der Waals surface area contributed by atoms with Gasteiger partial charge in [0.1, 0.15) is 5.82 Å². The number of likely N-dealkylation sites (tertiary alicyclic amines) is 1. The van der Waals surface area contributed by atoms with Crippen LogP contribution >= 0.6 is 11.6 Å². The fourth-order valence-corrected chi connectivity index (χ4v) is 4.05. The lowest BCUT2D eigenvalue weighted by Gasteiger charge is -2.32. The average Bonchev–Trinajstić information content (AvgIpc) is 2.76. The number of ether oxygens (including phenoxy) is 2. The summed E-state index contributed by atoms with van der Waals surface area (Å²) in [7, 11) is 3.21. The molecule has 3 rings (SSSR count). The van der Waals surface area contributed by atoms with Crippen LogP contribution in [0.15, 0.2) is 36.4 Å². The number of nitrogens with zero attached hydrogens (tertiary/aromatic N) is 1. The van der Waals surface area contributed by atoms with Crippen molar-refractivity contribution in [1.82, 2.24) is 10.2 Å². The molecule has 1 atom stereocenters. The molecule has 1 heterocycles. The predicted octanol–water partition coefficient (Wildman–Crippen LogP) is 4.07. The standard InChI is InChI=1S/C23H28ClFN2O3/c1-29-21-9-8-16(13-22(21)30-2)10-11-26-23(28)17-5-4-12-27(14-17)15-18-19(24)6-3-7-20(18)25/h3,6-9,13,17H,4-5,10-12,14-15H2,1-2H3,(H,26,28). The van der Waals surface area contributed by atoms with Crippen molar-refractivity contribution < 1.29 is 18.7 Å². The number of halogens is 2. The molecule has 1 aliphatic heterocycles. The topological polar surface area (TPSA) is 50.8 Å². The highest BCUT2D eigenvalue weighted by atomic mass is 35.5. The molecule has 162 valence electrons. The van der Waals surface area contributed by atoms with Crippen molar-refractivity contribution in [2.45, 2.75) is 25.8 Å². The van der Waals surface area contributed by atoms with Gasteiger partial charge in [-0.2, -0.15) is 0 Å². The van der Waals surface area contributed by atoms with Gasteiger partial charge in [0, 0.05) is 30.2 Å². The second-order valence-electron chi connectivity index (χ2n) is 7.50. The summed E-state index contributed by atoms with van der Waals surface area (Å²) in [6, 6.07) is 10.5. The first-order valence-corrected chi connectivity index (χ1v) is 10.5. The van der Waals surface area contributed by atoms with Gasteiger partial charge in [-0.3, -0.25) is 9.69 Å². The molecule has 0 aromatic heterocycles. The van der Waals surface area contributed by atoms with Crippen molar-refractivity contribution in [3.63, 3.8) is 0 Å². The fraction of sp³-hybridized carbons (Fsp3) is 0.435. The van der Waals surface area contributed by atoms with Gasteiger partial charge in [0.15, 0.2) is 11.5 Å². The van der Waals surface area contributed by atoms with E-state index in [-0.39, 0.29) is 17.6 Å². The average molecular weight is 435 g/mol. The lowest BCUT2D eigenvalue weighted by Crippen LogP contribution is -2.43. The molecule has 1 N–H and O–H groups in total. The molecule has 0 bridgehead atoms. The van der Waals surface area contributed by atoms with E-state index in [0.29, 0.717) is 48.1 Å². The molecule has 0 aliphatic carbocycles. The number of hydrogen-bond donors (Lipinski definition) is 1. The molecule has 1 amide bonds. The van der Waals surface area contributed by atoms with Gasteiger partial charge in [0.2, 0.25) is 5.91 Å². The largest absolute Gasteiger partial charge is 0.493 e. The molecule has 5 nitrogen and oxygen atoms in total. The molecule has 0 saturated carbocycles. The molecular weight excluding hydrogens is 407 g/mol. The second-order valence-corrected chi connectivity index (χ2v) is 7.91. The first-order valence-electron chi connectivity index (χ1n) is 10.2. The molecule has 1 fully saturated rings. The summed E-state index contributed by atoms with van der Waals surface area (Å²) in [6.45, 7) is 2.40. The molecule has 7 heteroatoms. The Morgan fingerprint density at radius 3 is 2.77 bits per heavy atom. The number of carbonyl (C=O) groups is 1. The van der Waals surface area contributed by atoms with E-state index in [1.807, 2.05) is 18.2 Å². The number of nitrogens with one attached hydrogen (secondary N) is 1. The minimum absolute atomic E-state index is 0.0415. The van der Waals surface area contributed by atoms with Crippen LogP contribution in [0.25, 0.3) is 0 Å². The van der Waals surface area contributed by atoms with E-state index in [1.165, 1.54) is 6.07 Å². The maximum Gasteiger partial charge on any atom is 0.224 e. The Kier molecular flexibility index (Phi) is 7.94. The lowest BCUT2D eigenvalue weighted by atomic mass is 9.96. The van der Waals surface area contributed by atoms with Crippen molar-refractivity contribution in [3.05, 3.63) is 58.4 Å². The van der Waals surface area contributed by atoms with Crippen molar-refractivity contribution in [1.29, 1.82) is 0 Å².